The smallest absolute Gasteiger partial charge is 0.387 e. The fourth-order valence-electron chi connectivity index (χ4n) is 5.56. The third-order valence-electron chi connectivity index (χ3n) is 7.58. The van der Waals surface area contributed by atoms with Crippen LogP contribution in [0.15, 0.2) is 18.3 Å². The molecular formula is C24H31F2N5O2. The highest BCUT2D eigenvalue weighted by atomic mass is 19.3. The van der Waals surface area contributed by atoms with Crippen molar-refractivity contribution in [3.63, 3.8) is 0 Å². The summed E-state index contributed by atoms with van der Waals surface area (Å²) in [5, 5.41) is 0. The Balaban J connectivity index is 1.60. The molecule has 2 atom stereocenters. The Kier molecular flexibility index (Phi) is 5.84. The van der Waals surface area contributed by atoms with Gasteiger partial charge in [0.15, 0.2) is 11.6 Å². The summed E-state index contributed by atoms with van der Waals surface area (Å²) in [7, 11) is 0. The summed E-state index contributed by atoms with van der Waals surface area (Å²) in [6.45, 7) is 2.55. The second-order valence-electron chi connectivity index (χ2n) is 9.83. The van der Waals surface area contributed by atoms with Crippen LogP contribution in [0, 0.1) is 5.92 Å². The van der Waals surface area contributed by atoms with E-state index in [4.69, 9.17) is 20.4 Å². The number of pyridine rings is 1. The van der Waals surface area contributed by atoms with Crippen molar-refractivity contribution in [1.29, 1.82) is 0 Å². The number of hydrogen-bond acceptors (Lipinski definition) is 7. The van der Waals surface area contributed by atoms with E-state index in [1.807, 2.05) is 6.07 Å². The van der Waals surface area contributed by atoms with Crippen molar-refractivity contribution in [3.8, 4) is 17.0 Å². The molecule has 0 aromatic carbocycles. The van der Waals surface area contributed by atoms with Crippen LogP contribution in [0.1, 0.15) is 58.2 Å². The van der Waals surface area contributed by atoms with Crippen molar-refractivity contribution in [3.05, 3.63) is 24.2 Å². The maximum absolute atomic E-state index is 12.9. The number of anilines is 2. The predicted octanol–water partition coefficient (Wildman–Crippen LogP) is 4.56. The third kappa shape index (κ3) is 4.35. The van der Waals surface area contributed by atoms with Crippen LogP contribution in [0.4, 0.5) is 20.4 Å². The molecule has 178 valence electrons. The number of nitrogens with zero attached hydrogens (tertiary/aromatic N) is 4. The predicted molar refractivity (Wildman–Crippen MR) is 121 cm³/mol. The Morgan fingerprint density at radius 3 is 2.58 bits per heavy atom. The number of hydrogen-bond donors (Lipinski definition) is 1. The van der Waals surface area contributed by atoms with Gasteiger partial charge in [0, 0.05) is 29.8 Å². The molecule has 6 rings (SSSR count). The molecule has 3 saturated carbocycles. The molecule has 0 unspecified atom stereocenters. The van der Waals surface area contributed by atoms with Crippen molar-refractivity contribution < 1.29 is 18.3 Å². The molecule has 33 heavy (non-hydrogen) atoms. The third-order valence-corrected chi connectivity index (χ3v) is 7.58. The Labute approximate surface area is 192 Å². The summed E-state index contributed by atoms with van der Waals surface area (Å²) in [6.07, 6.45) is 8.57. The summed E-state index contributed by atoms with van der Waals surface area (Å²) in [4.78, 5) is 16.5. The number of fused-ring (bicyclic) bond motifs is 3. The summed E-state index contributed by atoms with van der Waals surface area (Å²) < 4.78 is 36.2. The molecule has 1 aliphatic heterocycles. The maximum atomic E-state index is 12.9. The van der Waals surface area contributed by atoms with Crippen LogP contribution in [0.5, 0.6) is 5.75 Å². The van der Waals surface area contributed by atoms with Gasteiger partial charge < -0.3 is 20.1 Å². The highest BCUT2D eigenvalue weighted by molar-refractivity contribution is 5.67. The number of nitrogens with two attached hydrogens (primary N) is 1. The number of aromatic nitrogens is 3. The SMILES string of the molecule is C[C@H]1CN(c2cc(-c3cnc(N)c(OC(F)F)c3)nc(C34CCC(CC3)CC4)n2)[C@@H](C)CO1. The molecular weight excluding hydrogens is 428 g/mol. The van der Waals surface area contributed by atoms with Crippen LogP contribution in [-0.4, -0.2) is 46.9 Å². The first-order valence-electron chi connectivity index (χ1n) is 11.8. The van der Waals surface area contributed by atoms with Gasteiger partial charge in [0.25, 0.3) is 0 Å². The lowest BCUT2D eigenvalue weighted by Gasteiger charge is -2.46. The fraction of sp³-hybridized carbons (Fsp3) is 0.625. The molecule has 2 aromatic rings. The van der Waals surface area contributed by atoms with Crippen LogP contribution < -0.4 is 15.4 Å². The molecule has 7 nitrogen and oxygen atoms in total. The van der Waals surface area contributed by atoms with Gasteiger partial charge in [0.2, 0.25) is 0 Å². The molecule has 9 heteroatoms. The van der Waals surface area contributed by atoms with Gasteiger partial charge in [-0.2, -0.15) is 8.78 Å². The van der Waals surface area contributed by atoms with E-state index in [2.05, 4.69) is 28.5 Å². The summed E-state index contributed by atoms with van der Waals surface area (Å²) >= 11 is 0. The Morgan fingerprint density at radius 2 is 1.88 bits per heavy atom. The van der Waals surface area contributed by atoms with Crippen molar-refractivity contribution in [2.45, 2.75) is 76.5 Å². The van der Waals surface area contributed by atoms with E-state index in [9.17, 15) is 8.78 Å². The summed E-state index contributed by atoms with van der Waals surface area (Å²) in [5.41, 5.74) is 6.97. The van der Waals surface area contributed by atoms with E-state index in [-0.39, 0.29) is 29.1 Å². The first-order valence-corrected chi connectivity index (χ1v) is 11.8. The average molecular weight is 460 g/mol. The van der Waals surface area contributed by atoms with Gasteiger partial charge >= 0.3 is 6.61 Å². The van der Waals surface area contributed by atoms with Crippen molar-refractivity contribution in [2.24, 2.45) is 5.92 Å². The van der Waals surface area contributed by atoms with E-state index in [1.54, 1.807) is 6.20 Å². The molecule has 3 heterocycles. The largest absolute Gasteiger partial charge is 0.431 e. The van der Waals surface area contributed by atoms with E-state index in [0.29, 0.717) is 17.9 Å². The van der Waals surface area contributed by atoms with Gasteiger partial charge in [-0.25, -0.2) is 15.0 Å². The van der Waals surface area contributed by atoms with Crippen molar-refractivity contribution in [1.82, 2.24) is 15.0 Å². The summed E-state index contributed by atoms with van der Waals surface area (Å²) in [6, 6.07) is 3.58. The minimum absolute atomic E-state index is 0.0236. The quantitative estimate of drug-likeness (QED) is 0.702. The van der Waals surface area contributed by atoms with Crippen LogP contribution in [0.2, 0.25) is 0 Å². The number of halogens is 2. The molecule has 3 aliphatic carbocycles. The molecule has 1 saturated heterocycles. The van der Waals surface area contributed by atoms with E-state index in [0.717, 1.165) is 43.4 Å². The van der Waals surface area contributed by atoms with Gasteiger partial charge in [-0.15, -0.1) is 0 Å². The Bertz CT molecular complexity index is 999. The first kappa shape index (κ1) is 22.3. The zero-order valence-electron chi connectivity index (χ0n) is 19.1. The zero-order chi connectivity index (χ0) is 23.2. The highest BCUT2D eigenvalue weighted by Crippen LogP contribution is 2.51. The molecule has 4 aliphatic rings. The van der Waals surface area contributed by atoms with Gasteiger partial charge in [0.05, 0.1) is 24.4 Å². The van der Waals surface area contributed by atoms with E-state index < -0.39 is 6.61 Å². The number of morpholine rings is 1. The second-order valence-corrected chi connectivity index (χ2v) is 9.83. The van der Waals surface area contributed by atoms with Gasteiger partial charge in [-0.05, 0) is 64.4 Å². The van der Waals surface area contributed by atoms with Crippen LogP contribution in [-0.2, 0) is 10.2 Å². The monoisotopic (exact) mass is 459 g/mol. The summed E-state index contributed by atoms with van der Waals surface area (Å²) in [5.74, 6) is 2.30. The van der Waals surface area contributed by atoms with Crippen LogP contribution >= 0.6 is 0 Å². The molecule has 2 N–H and O–H groups in total. The lowest BCUT2D eigenvalue weighted by atomic mass is 9.60. The minimum Gasteiger partial charge on any atom is -0.431 e. The average Bonchev–Trinajstić information content (AvgIpc) is 2.82. The molecule has 0 amide bonds. The van der Waals surface area contributed by atoms with Gasteiger partial charge in [-0.3, -0.25) is 0 Å². The van der Waals surface area contributed by atoms with Gasteiger partial charge in [0.1, 0.15) is 11.6 Å². The fourth-order valence-corrected chi connectivity index (χ4v) is 5.56. The topological polar surface area (TPSA) is 86.4 Å². The second kappa shape index (κ2) is 8.66. The standard InChI is InChI=1S/C24H31F2N5O2/c1-14-13-32-15(2)12-31(14)20-10-18(17-9-19(33-23(25)26)21(27)28-11-17)29-22(30-20)24-6-3-16(4-7-24)5-8-24/h9-11,14-16,23H,3-8,12-13H2,1-2H3,(H2,27,28)/t14-,15-,16?,24?/m0/s1. The Morgan fingerprint density at radius 1 is 1.15 bits per heavy atom. The molecule has 4 fully saturated rings. The lowest BCUT2D eigenvalue weighted by molar-refractivity contribution is -0.0494. The molecule has 0 spiro atoms. The zero-order valence-corrected chi connectivity index (χ0v) is 19.1. The van der Waals surface area contributed by atoms with Crippen molar-refractivity contribution >= 4 is 11.6 Å². The highest BCUT2D eigenvalue weighted by Gasteiger charge is 2.44. The van der Waals surface area contributed by atoms with Crippen LogP contribution in [0.25, 0.3) is 11.3 Å². The number of ether oxygens (including phenoxy) is 2. The van der Waals surface area contributed by atoms with E-state index in [1.165, 1.54) is 25.3 Å². The van der Waals surface area contributed by atoms with Crippen molar-refractivity contribution in [2.75, 3.05) is 23.8 Å². The molecule has 2 aromatic heterocycles. The first-order chi connectivity index (χ1) is 15.8. The lowest BCUT2D eigenvalue weighted by Crippen LogP contribution is -2.48. The Hall–Kier alpha value is -2.55. The van der Waals surface area contributed by atoms with Gasteiger partial charge in [-0.1, -0.05) is 0 Å². The molecule has 0 radical (unpaired) electrons. The van der Waals surface area contributed by atoms with E-state index >= 15 is 0 Å². The number of rotatable bonds is 5. The number of alkyl halides is 2. The minimum atomic E-state index is -2.98. The normalized spacial score (nSPS) is 29.5. The maximum Gasteiger partial charge on any atom is 0.387 e. The molecule has 2 bridgehead atoms. The number of nitrogen functional groups attached to an aromatic ring is 1. The van der Waals surface area contributed by atoms with Crippen LogP contribution in [0.3, 0.4) is 0 Å².